The zero-order valence-corrected chi connectivity index (χ0v) is 35.3. The molecule has 8 aromatic rings. The number of pyridine rings is 2. The van der Waals surface area contributed by atoms with Gasteiger partial charge in [0.1, 0.15) is 5.58 Å². The van der Waals surface area contributed by atoms with Crippen molar-refractivity contribution in [2.75, 3.05) is 0 Å². The number of aromatic nitrogens is 2. The molecule has 0 spiro atoms. The van der Waals surface area contributed by atoms with Crippen LogP contribution < -0.4 is 4.40 Å². The first-order valence-electron chi connectivity index (χ1n) is 18.2. The zero-order valence-electron chi connectivity index (χ0n) is 31.8. The van der Waals surface area contributed by atoms with Gasteiger partial charge in [-0.05, 0) is 34.5 Å². The average Bonchev–Trinajstić information content (AvgIpc) is 3.54. The standard InChI is InChI=1S/C29H26NO.C18H18GeN.Ir/c1-18(2)21-15-16-30-26(17-21)24-14-13-23(20-9-6-5-7-10-20)27-25-12-8-11-22(19(3)4)28(25)31-29(24)27;1-19(2,3)15-11-12-18(20-13-15)17-10-6-8-14-7-4-5-9-16(14)17;/h5-13,15-19H,1-4H3;4-9,11-13H,1-3H3;/q2*-1;/i18D;;. The molecule has 1 radical (unpaired) electrons. The first-order chi connectivity index (χ1) is 24.9. The number of para-hydroxylation sites is 1. The molecule has 52 heavy (non-hydrogen) atoms. The zero-order chi connectivity index (χ0) is 36.6. The summed E-state index contributed by atoms with van der Waals surface area (Å²) < 4.78 is 16.5. The first-order valence-corrected chi connectivity index (χ1v) is 25.0. The molecule has 263 valence electrons. The minimum atomic E-state index is -1.78. The van der Waals surface area contributed by atoms with Crippen LogP contribution in [0.25, 0.3) is 66.4 Å². The fourth-order valence-electron chi connectivity index (χ4n) is 6.59. The molecule has 0 atom stereocenters. The molecule has 0 aliphatic rings. The number of rotatable bonds is 6. The van der Waals surface area contributed by atoms with Crippen molar-refractivity contribution in [1.29, 1.82) is 0 Å². The number of hydrogen-bond donors (Lipinski definition) is 0. The summed E-state index contributed by atoms with van der Waals surface area (Å²) in [5.74, 6) is 6.80. The van der Waals surface area contributed by atoms with Crippen LogP contribution >= 0.6 is 0 Å². The van der Waals surface area contributed by atoms with E-state index >= 15 is 0 Å². The van der Waals surface area contributed by atoms with E-state index in [9.17, 15) is 0 Å². The quantitative estimate of drug-likeness (QED) is 0.123. The molecule has 0 bridgehead atoms. The monoisotopic (exact) mass is 920 g/mol. The molecule has 0 saturated carbocycles. The molecule has 3 nitrogen and oxygen atoms in total. The molecule has 0 fully saturated rings. The van der Waals surface area contributed by atoms with Crippen molar-refractivity contribution < 1.29 is 25.9 Å². The number of hydrogen-bond acceptors (Lipinski definition) is 3. The Morgan fingerprint density at radius 1 is 0.712 bits per heavy atom. The SMILES string of the molecule is [2H]C(C)(C)c1ccnc(-c2[c-]cc(-c3ccccc3)c3c2oc2c(C(C)C)cccc23)c1.[CH3][Ge]([CH3])([CH3])[c]1ccc(-c2[c-]ccc3ccccc23)nc1.[Ir]. The summed E-state index contributed by atoms with van der Waals surface area (Å²) in [6, 6.07) is 46.4. The average molecular weight is 919 g/mol. The van der Waals surface area contributed by atoms with Gasteiger partial charge in [-0.15, -0.1) is 12.1 Å². The van der Waals surface area contributed by atoms with Crippen LogP contribution in [0.15, 0.2) is 132 Å². The Hall–Kier alpha value is -4.35. The smallest absolute Gasteiger partial charge is 0 e. The molecule has 8 rings (SSSR count). The third-order valence-electron chi connectivity index (χ3n) is 9.51. The Bertz CT molecular complexity index is 2510. The summed E-state index contributed by atoms with van der Waals surface area (Å²) in [6.07, 6.45) is 3.83. The summed E-state index contributed by atoms with van der Waals surface area (Å²) in [4.78, 5) is 9.31. The number of furan rings is 1. The van der Waals surface area contributed by atoms with E-state index in [1.165, 1.54) is 20.7 Å². The molecule has 3 aromatic heterocycles. The Morgan fingerprint density at radius 2 is 1.46 bits per heavy atom. The minimum absolute atomic E-state index is 0. The van der Waals surface area contributed by atoms with Gasteiger partial charge in [0.25, 0.3) is 0 Å². The molecular formula is C47H44GeIrN2O-2. The van der Waals surface area contributed by atoms with E-state index in [2.05, 4.69) is 144 Å². The first kappa shape index (κ1) is 36.0. The van der Waals surface area contributed by atoms with Crippen LogP contribution in [0, 0.1) is 12.1 Å². The molecule has 5 heteroatoms. The van der Waals surface area contributed by atoms with Crippen LogP contribution in [0.3, 0.4) is 0 Å². The normalized spacial score (nSPS) is 12.0. The molecule has 0 aliphatic heterocycles. The van der Waals surface area contributed by atoms with Gasteiger partial charge < -0.3 is 9.40 Å². The molecule has 0 aliphatic carbocycles. The fraction of sp³-hybridized carbons (Fsp3) is 0.191. The van der Waals surface area contributed by atoms with Gasteiger partial charge in [-0.3, -0.25) is 0 Å². The number of nitrogens with zero attached hydrogens (tertiary/aromatic N) is 2. The van der Waals surface area contributed by atoms with Crippen molar-refractivity contribution in [1.82, 2.24) is 9.97 Å². The second kappa shape index (κ2) is 15.7. The van der Waals surface area contributed by atoms with Gasteiger partial charge in [-0.2, -0.15) is 0 Å². The molecule has 0 unspecified atom stereocenters. The molecule has 0 amide bonds. The minimum Gasteiger partial charge on any atom is 0 e. The predicted octanol–water partition coefficient (Wildman–Crippen LogP) is 12.6. The van der Waals surface area contributed by atoms with Crippen molar-refractivity contribution in [3.8, 4) is 33.6 Å². The Labute approximate surface area is 325 Å². The molecular weight excluding hydrogens is 873 g/mol. The Morgan fingerprint density at radius 3 is 2.17 bits per heavy atom. The van der Waals surface area contributed by atoms with Gasteiger partial charge in [0.15, 0.2) is 0 Å². The topological polar surface area (TPSA) is 38.9 Å². The van der Waals surface area contributed by atoms with Gasteiger partial charge in [-0.1, -0.05) is 105 Å². The Balaban J connectivity index is 0.000000197. The van der Waals surface area contributed by atoms with Gasteiger partial charge in [-0.25, -0.2) is 0 Å². The van der Waals surface area contributed by atoms with Gasteiger partial charge in [0.2, 0.25) is 0 Å². The fourth-order valence-corrected chi connectivity index (χ4v) is 8.77. The molecule has 3 heterocycles. The van der Waals surface area contributed by atoms with E-state index < -0.39 is 19.2 Å². The van der Waals surface area contributed by atoms with E-state index in [1.54, 1.807) is 6.20 Å². The molecule has 5 aromatic carbocycles. The third kappa shape index (κ3) is 7.57. The molecule has 0 N–H and O–H groups in total. The maximum absolute atomic E-state index is 8.44. The molecule has 0 saturated heterocycles. The summed E-state index contributed by atoms with van der Waals surface area (Å²) in [5.41, 5.74) is 9.76. The van der Waals surface area contributed by atoms with E-state index in [4.69, 9.17) is 5.79 Å². The third-order valence-corrected chi connectivity index (χ3v) is 13.8. The summed E-state index contributed by atoms with van der Waals surface area (Å²) >= 11 is -1.78. The van der Waals surface area contributed by atoms with Crippen LogP contribution in [0.1, 0.15) is 52.0 Å². The second-order valence-electron chi connectivity index (χ2n) is 14.7. The van der Waals surface area contributed by atoms with Crippen molar-refractivity contribution in [2.45, 2.75) is 56.8 Å². The summed E-state index contributed by atoms with van der Waals surface area (Å²) in [5, 5.41) is 4.64. The van der Waals surface area contributed by atoms with Crippen molar-refractivity contribution in [2.24, 2.45) is 0 Å². The van der Waals surface area contributed by atoms with Crippen molar-refractivity contribution in [3.63, 3.8) is 0 Å². The summed E-state index contributed by atoms with van der Waals surface area (Å²) in [7, 11) is 0. The maximum Gasteiger partial charge on any atom is 0 e. The largest absolute Gasteiger partial charge is 0 e. The van der Waals surface area contributed by atoms with Crippen LogP contribution in [0.5, 0.6) is 0 Å². The van der Waals surface area contributed by atoms with Crippen molar-refractivity contribution in [3.05, 3.63) is 151 Å². The predicted molar refractivity (Wildman–Crippen MR) is 218 cm³/mol. The van der Waals surface area contributed by atoms with E-state index in [-0.39, 0.29) is 20.1 Å². The maximum atomic E-state index is 8.44. The number of fused-ring (bicyclic) bond motifs is 4. The van der Waals surface area contributed by atoms with Crippen LogP contribution in [0.2, 0.25) is 17.3 Å². The van der Waals surface area contributed by atoms with Gasteiger partial charge >= 0.3 is 123 Å². The van der Waals surface area contributed by atoms with Crippen LogP contribution in [0.4, 0.5) is 0 Å². The van der Waals surface area contributed by atoms with E-state index in [0.29, 0.717) is 5.92 Å². The number of benzene rings is 5. The summed E-state index contributed by atoms with van der Waals surface area (Å²) in [6.45, 7) is 8.16. The van der Waals surface area contributed by atoms with Crippen LogP contribution in [-0.2, 0) is 20.1 Å². The van der Waals surface area contributed by atoms with Crippen LogP contribution in [-0.4, -0.2) is 23.2 Å². The van der Waals surface area contributed by atoms with E-state index in [1.807, 2.05) is 44.2 Å². The van der Waals surface area contributed by atoms with E-state index in [0.717, 1.165) is 61.1 Å². The second-order valence-corrected chi connectivity index (χ2v) is 25.3. The Kier molecular flexibility index (Phi) is 10.9. The van der Waals surface area contributed by atoms with Crippen molar-refractivity contribution >= 4 is 50.4 Å². The van der Waals surface area contributed by atoms with Gasteiger partial charge in [0, 0.05) is 33.1 Å². The van der Waals surface area contributed by atoms with Gasteiger partial charge in [0.05, 0.1) is 5.58 Å².